The van der Waals surface area contributed by atoms with E-state index < -0.39 is 0 Å². The van der Waals surface area contributed by atoms with E-state index in [9.17, 15) is 4.79 Å². The Hall–Kier alpha value is -2.23. The monoisotopic (exact) mass is 341 g/mol. The molecule has 25 heavy (non-hydrogen) atoms. The summed E-state index contributed by atoms with van der Waals surface area (Å²) in [5.74, 6) is 2.90. The Balaban J connectivity index is 1.44. The standard InChI is InChI=1S/C21H27NO3/c1-3-24-19-9-7-17(8-10-19)5-6-18-12-14-22(15-13-18)21(23)20-11-4-16(2)25-20/h4,7-11,18H,3,5-6,12-15H2,1-2H3. The Kier molecular flexibility index (Phi) is 5.79. The maximum Gasteiger partial charge on any atom is 0.289 e. The van der Waals surface area contributed by atoms with Crippen molar-refractivity contribution >= 4 is 5.91 Å². The van der Waals surface area contributed by atoms with Crippen LogP contribution in [0.2, 0.25) is 0 Å². The summed E-state index contributed by atoms with van der Waals surface area (Å²) >= 11 is 0. The second-order valence-corrected chi connectivity index (χ2v) is 6.76. The van der Waals surface area contributed by atoms with E-state index in [4.69, 9.17) is 9.15 Å². The molecule has 0 aliphatic carbocycles. The zero-order valence-corrected chi connectivity index (χ0v) is 15.2. The number of benzene rings is 1. The van der Waals surface area contributed by atoms with Crippen LogP contribution >= 0.6 is 0 Å². The number of aryl methyl sites for hydroxylation is 2. The Bertz CT molecular complexity index is 681. The van der Waals surface area contributed by atoms with Crippen molar-refractivity contribution in [3.8, 4) is 5.75 Å². The molecular weight excluding hydrogens is 314 g/mol. The first-order chi connectivity index (χ1) is 12.2. The molecule has 1 aromatic carbocycles. The van der Waals surface area contributed by atoms with Crippen LogP contribution in [-0.4, -0.2) is 30.5 Å². The highest BCUT2D eigenvalue weighted by molar-refractivity contribution is 5.91. The van der Waals surface area contributed by atoms with Gasteiger partial charge in [-0.05, 0) is 75.3 Å². The Morgan fingerprint density at radius 2 is 1.88 bits per heavy atom. The highest BCUT2D eigenvalue weighted by Crippen LogP contribution is 2.24. The number of rotatable bonds is 6. The third-order valence-corrected chi connectivity index (χ3v) is 4.93. The van der Waals surface area contributed by atoms with Gasteiger partial charge in [0.25, 0.3) is 5.91 Å². The summed E-state index contributed by atoms with van der Waals surface area (Å²) in [5.41, 5.74) is 1.35. The van der Waals surface area contributed by atoms with Gasteiger partial charge >= 0.3 is 0 Å². The van der Waals surface area contributed by atoms with Crippen molar-refractivity contribution in [2.45, 2.75) is 39.5 Å². The number of piperidine rings is 1. The average molecular weight is 341 g/mol. The van der Waals surface area contributed by atoms with Crippen LogP contribution in [0.3, 0.4) is 0 Å². The summed E-state index contributed by atoms with van der Waals surface area (Å²) in [5, 5.41) is 0. The molecule has 1 fully saturated rings. The number of likely N-dealkylation sites (tertiary alicyclic amines) is 1. The first-order valence-corrected chi connectivity index (χ1v) is 9.23. The van der Waals surface area contributed by atoms with Gasteiger partial charge in [0, 0.05) is 13.1 Å². The molecule has 1 amide bonds. The first kappa shape index (κ1) is 17.6. The molecule has 0 unspecified atom stereocenters. The van der Waals surface area contributed by atoms with Gasteiger partial charge in [-0.3, -0.25) is 4.79 Å². The SMILES string of the molecule is CCOc1ccc(CCC2CCN(C(=O)c3ccc(C)o3)CC2)cc1. The summed E-state index contributed by atoms with van der Waals surface area (Å²) in [4.78, 5) is 14.3. The summed E-state index contributed by atoms with van der Waals surface area (Å²) in [6.45, 7) is 6.22. The summed E-state index contributed by atoms with van der Waals surface area (Å²) in [6, 6.07) is 12.0. The van der Waals surface area contributed by atoms with Gasteiger partial charge in [0.2, 0.25) is 0 Å². The van der Waals surface area contributed by atoms with Gasteiger partial charge < -0.3 is 14.1 Å². The normalized spacial score (nSPS) is 15.4. The smallest absolute Gasteiger partial charge is 0.289 e. The van der Waals surface area contributed by atoms with E-state index in [2.05, 4.69) is 12.1 Å². The lowest BCUT2D eigenvalue weighted by atomic mass is 9.90. The van der Waals surface area contributed by atoms with Crippen LogP contribution in [0.1, 0.15) is 48.1 Å². The molecule has 0 bridgehead atoms. The van der Waals surface area contributed by atoms with Crippen LogP contribution in [-0.2, 0) is 6.42 Å². The molecule has 1 aliphatic heterocycles. The number of hydrogen-bond donors (Lipinski definition) is 0. The largest absolute Gasteiger partial charge is 0.494 e. The zero-order chi connectivity index (χ0) is 17.6. The zero-order valence-electron chi connectivity index (χ0n) is 15.2. The van der Waals surface area contributed by atoms with Crippen LogP contribution < -0.4 is 4.74 Å². The minimum Gasteiger partial charge on any atom is -0.494 e. The predicted octanol–water partition coefficient (Wildman–Crippen LogP) is 4.47. The highest BCUT2D eigenvalue weighted by atomic mass is 16.5. The Morgan fingerprint density at radius 3 is 2.48 bits per heavy atom. The van der Waals surface area contributed by atoms with E-state index in [-0.39, 0.29) is 5.91 Å². The molecule has 1 aliphatic rings. The molecule has 0 saturated carbocycles. The van der Waals surface area contributed by atoms with Crippen molar-refractivity contribution < 1.29 is 13.9 Å². The molecular formula is C21H27NO3. The lowest BCUT2D eigenvalue weighted by Crippen LogP contribution is -2.38. The van der Waals surface area contributed by atoms with E-state index in [1.165, 1.54) is 12.0 Å². The molecule has 1 aromatic heterocycles. The summed E-state index contributed by atoms with van der Waals surface area (Å²) in [6.07, 6.45) is 4.41. The van der Waals surface area contributed by atoms with Crippen molar-refractivity contribution in [2.24, 2.45) is 5.92 Å². The van der Waals surface area contributed by atoms with Gasteiger partial charge in [-0.2, -0.15) is 0 Å². The Morgan fingerprint density at radius 1 is 1.16 bits per heavy atom. The molecule has 1 saturated heterocycles. The molecule has 0 atom stereocenters. The van der Waals surface area contributed by atoms with E-state index in [0.29, 0.717) is 18.3 Å². The first-order valence-electron chi connectivity index (χ1n) is 9.23. The molecule has 0 spiro atoms. The highest BCUT2D eigenvalue weighted by Gasteiger charge is 2.25. The quantitative estimate of drug-likeness (QED) is 0.778. The minimum atomic E-state index is 0.0260. The number of amides is 1. The van der Waals surface area contributed by atoms with Gasteiger partial charge in [0.05, 0.1) is 6.61 Å². The number of carbonyl (C=O) groups excluding carboxylic acids is 1. The topological polar surface area (TPSA) is 42.7 Å². The number of furan rings is 1. The maximum atomic E-state index is 12.4. The second-order valence-electron chi connectivity index (χ2n) is 6.76. The van der Waals surface area contributed by atoms with Gasteiger partial charge in [-0.15, -0.1) is 0 Å². The fourth-order valence-electron chi connectivity index (χ4n) is 3.42. The van der Waals surface area contributed by atoms with E-state index in [1.54, 1.807) is 6.07 Å². The van der Waals surface area contributed by atoms with E-state index >= 15 is 0 Å². The van der Waals surface area contributed by atoms with Crippen LogP contribution in [0.4, 0.5) is 0 Å². The molecule has 2 heterocycles. The lowest BCUT2D eigenvalue weighted by molar-refractivity contribution is 0.0653. The third kappa shape index (κ3) is 4.65. The van der Waals surface area contributed by atoms with Gasteiger partial charge in [0.15, 0.2) is 5.76 Å². The van der Waals surface area contributed by atoms with Crippen molar-refractivity contribution in [1.82, 2.24) is 4.90 Å². The summed E-state index contributed by atoms with van der Waals surface area (Å²) in [7, 11) is 0. The molecule has 134 valence electrons. The van der Waals surface area contributed by atoms with Gasteiger partial charge in [-0.25, -0.2) is 0 Å². The van der Waals surface area contributed by atoms with Crippen LogP contribution in [0, 0.1) is 12.8 Å². The molecule has 2 aromatic rings. The predicted molar refractivity (Wildman–Crippen MR) is 98.0 cm³/mol. The molecule has 0 radical (unpaired) electrons. The van der Waals surface area contributed by atoms with Crippen molar-refractivity contribution in [3.63, 3.8) is 0 Å². The van der Waals surface area contributed by atoms with E-state index in [1.807, 2.05) is 36.9 Å². The lowest BCUT2D eigenvalue weighted by Gasteiger charge is -2.31. The third-order valence-electron chi connectivity index (χ3n) is 4.93. The molecule has 0 N–H and O–H groups in total. The average Bonchev–Trinajstić information content (AvgIpc) is 3.08. The number of ether oxygens (including phenoxy) is 1. The van der Waals surface area contributed by atoms with Gasteiger partial charge in [-0.1, -0.05) is 12.1 Å². The Labute approximate surface area is 149 Å². The second kappa shape index (κ2) is 8.24. The van der Waals surface area contributed by atoms with Crippen LogP contribution in [0.5, 0.6) is 5.75 Å². The summed E-state index contributed by atoms with van der Waals surface area (Å²) < 4.78 is 10.9. The van der Waals surface area contributed by atoms with Crippen molar-refractivity contribution in [3.05, 3.63) is 53.5 Å². The number of carbonyl (C=O) groups is 1. The van der Waals surface area contributed by atoms with Crippen LogP contribution in [0.25, 0.3) is 0 Å². The maximum absolute atomic E-state index is 12.4. The fraction of sp³-hybridized carbons (Fsp3) is 0.476. The van der Waals surface area contributed by atoms with Crippen molar-refractivity contribution in [1.29, 1.82) is 0 Å². The van der Waals surface area contributed by atoms with Crippen LogP contribution in [0.15, 0.2) is 40.8 Å². The minimum absolute atomic E-state index is 0.0260. The van der Waals surface area contributed by atoms with Gasteiger partial charge in [0.1, 0.15) is 11.5 Å². The molecule has 4 heteroatoms. The number of nitrogens with zero attached hydrogens (tertiary/aromatic N) is 1. The molecule has 4 nitrogen and oxygen atoms in total. The van der Waals surface area contributed by atoms with E-state index in [0.717, 1.165) is 43.9 Å². The molecule has 3 rings (SSSR count). The number of hydrogen-bond acceptors (Lipinski definition) is 3. The fourth-order valence-corrected chi connectivity index (χ4v) is 3.42. The van der Waals surface area contributed by atoms with Crippen molar-refractivity contribution in [2.75, 3.05) is 19.7 Å².